The van der Waals surface area contributed by atoms with E-state index in [1.807, 2.05) is 0 Å². The SMILES string of the molecule is CN(Cc1cn[nH]c1)C(=O)N1CC(C)(OCC(=O)O)C1. The first kappa shape index (κ1) is 14.3. The van der Waals surface area contributed by atoms with Gasteiger partial charge in [-0.1, -0.05) is 0 Å². The number of aromatic nitrogens is 2. The summed E-state index contributed by atoms with van der Waals surface area (Å²) in [5, 5.41) is 15.1. The van der Waals surface area contributed by atoms with Crippen molar-refractivity contribution in [1.82, 2.24) is 20.0 Å². The number of amides is 2. The van der Waals surface area contributed by atoms with Crippen LogP contribution in [0.25, 0.3) is 0 Å². The van der Waals surface area contributed by atoms with Gasteiger partial charge >= 0.3 is 12.0 Å². The van der Waals surface area contributed by atoms with Crippen molar-refractivity contribution >= 4 is 12.0 Å². The van der Waals surface area contributed by atoms with Crippen molar-refractivity contribution in [2.45, 2.75) is 19.1 Å². The Bertz CT molecular complexity index is 482. The Labute approximate surface area is 116 Å². The Balaban J connectivity index is 1.79. The lowest BCUT2D eigenvalue weighted by Crippen LogP contribution is -2.65. The number of hydrogen-bond donors (Lipinski definition) is 2. The molecule has 1 aromatic rings. The largest absolute Gasteiger partial charge is 0.480 e. The first-order valence-corrected chi connectivity index (χ1v) is 6.23. The highest BCUT2D eigenvalue weighted by Crippen LogP contribution is 2.25. The Morgan fingerprint density at radius 2 is 2.30 bits per heavy atom. The Morgan fingerprint density at radius 1 is 1.60 bits per heavy atom. The first-order chi connectivity index (χ1) is 9.39. The van der Waals surface area contributed by atoms with E-state index in [4.69, 9.17) is 9.84 Å². The molecule has 2 heterocycles. The number of nitrogens with one attached hydrogen (secondary N) is 1. The van der Waals surface area contributed by atoms with Crippen LogP contribution in [-0.4, -0.2) is 69.4 Å². The number of hydrogen-bond acceptors (Lipinski definition) is 4. The van der Waals surface area contributed by atoms with Crippen molar-refractivity contribution in [2.24, 2.45) is 0 Å². The summed E-state index contributed by atoms with van der Waals surface area (Å²) in [6.45, 7) is 2.72. The second kappa shape index (κ2) is 5.49. The molecular weight excluding hydrogens is 264 g/mol. The average molecular weight is 282 g/mol. The number of urea groups is 1. The molecule has 1 aliphatic heterocycles. The number of aromatic amines is 1. The third-order valence-electron chi connectivity index (χ3n) is 3.17. The van der Waals surface area contributed by atoms with Gasteiger partial charge in [-0.2, -0.15) is 5.10 Å². The fraction of sp³-hybridized carbons (Fsp3) is 0.583. The molecule has 0 spiro atoms. The molecule has 0 unspecified atom stereocenters. The molecule has 0 aromatic carbocycles. The molecular formula is C12H18N4O4. The van der Waals surface area contributed by atoms with Gasteiger partial charge in [0.2, 0.25) is 0 Å². The van der Waals surface area contributed by atoms with E-state index < -0.39 is 11.6 Å². The third kappa shape index (κ3) is 3.27. The van der Waals surface area contributed by atoms with E-state index in [-0.39, 0.29) is 12.6 Å². The van der Waals surface area contributed by atoms with Crippen molar-refractivity contribution < 1.29 is 19.4 Å². The van der Waals surface area contributed by atoms with Crippen LogP contribution in [0.15, 0.2) is 12.4 Å². The summed E-state index contributed by atoms with van der Waals surface area (Å²) in [5.41, 5.74) is 0.358. The topological polar surface area (TPSA) is 98.8 Å². The lowest BCUT2D eigenvalue weighted by Gasteiger charge is -2.48. The van der Waals surface area contributed by atoms with Crippen molar-refractivity contribution in [3.8, 4) is 0 Å². The average Bonchev–Trinajstić information content (AvgIpc) is 2.84. The summed E-state index contributed by atoms with van der Waals surface area (Å²) in [5.74, 6) is -1.01. The first-order valence-electron chi connectivity index (χ1n) is 6.23. The number of carboxylic acids is 1. The van der Waals surface area contributed by atoms with E-state index in [0.717, 1.165) is 5.56 Å². The zero-order valence-corrected chi connectivity index (χ0v) is 11.5. The summed E-state index contributed by atoms with van der Waals surface area (Å²) < 4.78 is 5.27. The summed E-state index contributed by atoms with van der Waals surface area (Å²) >= 11 is 0. The molecule has 2 N–H and O–H groups in total. The van der Waals surface area contributed by atoms with Gasteiger partial charge in [-0.3, -0.25) is 5.10 Å². The smallest absolute Gasteiger partial charge is 0.329 e. The number of carboxylic acid groups (broad SMARTS) is 1. The maximum atomic E-state index is 12.1. The van der Waals surface area contributed by atoms with Crippen molar-refractivity contribution in [2.75, 3.05) is 26.7 Å². The summed E-state index contributed by atoms with van der Waals surface area (Å²) in [6.07, 6.45) is 3.40. The van der Waals surface area contributed by atoms with Gasteiger partial charge in [-0.25, -0.2) is 9.59 Å². The highest BCUT2D eigenvalue weighted by atomic mass is 16.5. The lowest BCUT2D eigenvalue weighted by molar-refractivity contribution is -0.160. The molecule has 0 atom stereocenters. The monoisotopic (exact) mass is 282 g/mol. The molecule has 110 valence electrons. The van der Waals surface area contributed by atoms with Crippen LogP contribution in [0, 0.1) is 0 Å². The molecule has 1 saturated heterocycles. The summed E-state index contributed by atoms with van der Waals surface area (Å²) in [7, 11) is 1.71. The number of likely N-dealkylation sites (tertiary alicyclic amines) is 1. The van der Waals surface area contributed by atoms with Gasteiger partial charge in [0.05, 0.1) is 25.8 Å². The van der Waals surface area contributed by atoms with E-state index in [2.05, 4.69) is 10.2 Å². The molecule has 2 amide bonds. The van der Waals surface area contributed by atoms with E-state index in [1.54, 1.807) is 36.2 Å². The number of H-pyrrole nitrogens is 1. The standard InChI is InChI=1S/C12H18N4O4/c1-12(20-6-10(17)18)7-16(8-12)11(19)15(2)5-9-3-13-14-4-9/h3-4H,5-8H2,1-2H3,(H,13,14)(H,17,18). The van der Waals surface area contributed by atoms with Gasteiger partial charge in [0.15, 0.2) is 0 Å². The van der Waals surface area contributed by atoms with Crippen LogP contribution >= 0.6 is 0 Å². The second-order valence-electron chi connectivity index (χ2n) is 5.23. The van der Waals surface area contributed by atoms with Crippen molar-refractivity contribution in [3.05, 3.63) is 18.0 Å². The van der Waals surface area contributed by atoms with Crippen molar-refractivity contribution in [3.63, 3.8) is 0 Å². The fourth-order valence-corrected chi connectivity index (χ4v) is 2.17. The van der Waals surface area contributed by atoms with Gasteiger partial charge in [0.25, 0.3) is 0 Å². The molecule has 1 fully saturated rings. The number of nitrogens with zero attached hydrogens (tertiary/aromatic N) is 3. The van der Waals surface area contributed by atoms with Crippen molar-refractivity contribution in [1.29, 1.82) is 0 Å². The predicted octanol–water partition coefficient (Wildman–Crippen LogP) is 0.137. The fourth-order valence-electron chi connectivity index (χ4n) is 2.17. The van der Waals surface area contributed by atoms with Crippen LogP contribution < -0.4 is 0 Å². The minimum Gasteiger partial charge on any atom is -0.480 e. The number of aliphatic carboxylic acids is 1. The van der Waals surface area contributed by atoms with Gasteiger partial charge in [0, 0.05) is 18.8 Å². The molecule has 8 nitrogen and oxygen atoms in total. The van der Waals surface area contributed by atoms with Crippen LogP contribution in [-0.2, 0) is 16.1 Å². The van der Waals surface area contributed by atoms with Gasteiger partial charge in [0.1, 0.15) is 12.2 Å². The van der Waals surface area contributed by atoms with Crippen LogP contribution in [0.1, 0.15) is 12.5 Å². The number of carbonyl (C=O) groups is 2. The number of carbonyl (C=O) groups excluding carboxylic acids is 1. The van der Waals surface area contributed by atoms with Crippen LogP contribution in [0.2, 0.25) is 0 Å². The summed E-state index contributed by atoms with van der Waals surface area (Å²) in [6, 6.07) is -0.109. The highest BCUT2D eigenvalue weighted by Gasteiger charge is 2.43. The molecule has 8 heteroatoms. The molecule has 1 aliphatic rings. The maximum absolute atomic E-state index is 12.1. The zero-order chi connectivity index (χ0) is 14.8. The third-order valence-corrected chi connectivity index (χ3v) is 3.17. The van der Waals surface area contributed by atoms with Gasteiger partial charge in [-0.05, 0) is 6.92 Å². The second-order valence-corrected chi connectivity index (χ2v) is 5.23. The zero-order valence-electron chi connectivity index (χ0n) is 11.5. The van der Waals surface area contributed by atoms with E-state index >= 15 is 0 Å². The summed E-state index contributed by atoms with van der Waals surface area (Å²) in [4.78, 5) is 25.8. The number of ether oxygens (including phenoxy) is 1. The molecule has 0 bridgehead atoms. The molecule has 1 aromatic heterocycles. The minimum atomic E-state index is -1.01. The lowest BCUT2D eigenvalue weighted by atomic mass is 9.97. The molecule has 20 heavy (non-hydrogen) atoms. The normalized spacial score (nSPS) is 16.6. The highest BCUT2D eigenvalue weighted by molar-refractivity contribution is 5.75. The minimum absolute atomic E-state index is 0.109. The molecule has 0 aliphatic carbocycles. The van der Waals surface area contributed by atoms with E-state index in [0.29, 0.717) is 19.6 Å². The van der Waals surface area contributed by atoms with E-state index in [9.17, 15) is 9.59 Å². The molecule has 2 rings (SSSR count). The Morgan fingerprint density at radius 3 is 2.85 bits per heavy atom. The van der Waals surface area contributed by atoms with Crippen LogP contribution in [0.4, 0.5) is 4.79 Å². The van der Waals surface area contributed by atoms with Gasteiger partial charge in [-0.15, -0.1) is 0 Å². The predicted molar refractivity (Wildman–Crippen MR) is 69.0 cm³/mol. The number of rotatable bonds is 5. The Kier molecular flexibility index (Phi) is 3.93. The quantitative estimate of drug-likeness (QED) is 0.800. The Hall–Kier alpha value is -2.09. The molecule has 0 saturated carbocycles. The van der Waals surface area contributed by atoms with Crippen LogP contribution in [0.3, 0.4) is 0 Å². The molecule has 0 radical (unpaired) electrons. The van der Waals surface area contributed by atoms with Gasteiger partial charge < -0.3 is 19.6 Å². The van der Waals surface area contributed by atoms with Crippen LogP contribution in [0.5, 0.6) is 0 Å². The maximum Gasteiger partial charge on any atom is 0.329 e. The van der Waals surface area contributed by atoms with E-state index in [1.165, 1.54) is 0 Å².